The van der Waals surface area contributed by atoms with Crippen molar-refractivity contribution < 1.29 is 9.59 Å². The van der Waals surface area contributed by atoms with E-state index in [0.717, 1.165) is 25.9 Å². The number of likely N-dealkylation sites (N-methyl/N-ethyl adjacent to an activating group) is 1. The number of benzene rings is 1. The number of hydrogen-bond acceptors (Lipinski definition) is 4. The van der Waals surface area contributed by atoms with Gasteiger partial charge in [0.05, 0.1) is 12.1 Å². The molecule has 1 fully saturated rings. The highest BCUT2D eigenvalue weighted by atomic mass is 79.9. The monoisotopic (exact) mass is 353 g/mol. The zero-order valence-electron chi connectivity index (χ0n) is 12.1. The number of rotatable bonds is 4. The molecule has 1 heterocycles. The van der Waals surface area contributed by atoms with Crippen LogP contribution in [0.2, 0.25) is 0 Å². The molecule has 0 unspecified atom stereocenters. The summed E-state index contributed by atoms with van der Waals surface area (Å²) in [4.78, 5) is 26.0. The van der Waals surface area contributed by atoms with Crippen molar-refractivity contribution >= 4 is 27.7 Å². The van der Waals surface area contributed by atoms with Crippen molar-refractivity contribution in [3.05, 3.63) is 34.3 Å². The van der Waals surface area contributed by atoms with Crippen molar-refractivity contribution in [1.82, 2.24) is 15.5 Å². The van der Waals surface area contributed by atoms with E-state index in [4.69, 9.17) is 0 Å². The highest BCUT2D eigenvalue weighted by Crippen LogP contribution is 2.15. The van der Waals surface area contributed by atoms with Gasteiger partial charge < -0.3 is 5.32 Å². The lowest BCUT2D eigenvalue weighted by molar-refractivity contribution is -0.121. The van der Waals surface area contributed by atoms with Crippen LogP contribution in [-0.2, 0) is 4.79 Å². The molecule has 1 aliphatic heterocycles. The molecule has 2 N–H and O–H groups in total. The Labute approximate surface area is 133 Å². The molecule has 1 aromatic rings. The van der Waals surface area contributed by atoms with Gasteiger partial charge in [-0.1, -0.05) is 12.1 Å². The number of nitrogens with one attached hydrogen (secondary N) is 2. The molecule has 1 aliphatic rings. The zero-order chi connectivity index (χ0) is 15.2. The van der Waals surface area contributed by atoms with Crippen LogP contribution in [0.4, 0.5) is 0 Å². The Morgan fingerprint density at radius 3 is 2.67 bits per heavy atom. The summed E-state index contributed by atoms with van der Waals surface area (Å²) in [6, 6.07) is 7.46. The topological polar surface area (TPSA) is 61.4 Å². The van der Waals surface area contributed by atoms with Gasteiger partial charge in [-0.25, -0.2) is 0 Å². The maximum absolute atomic E-state index is 12.0. The predicted octanol–water partition coefficient (Wildman–Crippen LogP) is 1.39. The molecule has 2 rings (SSSR count). The van der Waals surface area contributed by atoms with Crippen molar-refractivity contribution in [1.29, 1.82) is 0 Å². The second-order valence-electron chi connectivity index (χ2n) is 5.25. The normalized spacial score (nSPS) is 16.0. The fourth-order valence-electron chi connectivity index (χ4n) is 2.48. The summed E-state index contributed by atoms with van der Waals surface area (Å²) in [5.74, 6) is -0.636. The van der Waals surface area contributed by atoms with Gasteiger partial charge >= 0.3 is 0 Å². The lowest BCUT2D eigenvalue weighted by atomic mass is 10.1. The van der Waals surface area contributed by atoms with Crippen molar-refractivity contribution in [2.75, 3.05) is 26.7 Å². The Hall–Kier alpha value is -1.24. The van der Waals surface area contributed by atoms with Gasteiger partial charge in [0.25, 0.3) is 5.91 Å². The molecule has 5 nitrogen and oxygen atoms in total. The fourth-order valence-corrected chi connectivity index (χ4v) is 2.95. The van der Waals surface area contributed by atoms with Crippen LogP contribution in [0.5, 0.6) is 0 Å². The van der Waals surface area contributed by atoms with Crippen LogP contribution >= 0.6 is 15.9 Å². The Morgan fingerprint density at radius 1 is 1.33 bits per heavy atom. The fraction of sp³-hybridized carbons (Fsp3) is 0.467. The molecule has 0 aliphatic carbocycles. The third-order valence-corrected chi connectivity index (χ3v) is 4.39. The first-order valence-corrected chi connectivity index (χ1v) is 7.87. The Balaban J connectivity index is 1.86. The molecule has 1 aromatic carbocycles. The van der Waals surface area contributed by atoms with Crippen LogP contribution in [-0.4, -0.2) is 49.4 Å². The predicted molar refractivity (Wildman–Crippen MR) is 85.1 cm³/mol. The Kier molecular flexibility index (Phi) is 5.90. The molecule has 6 heteroatoms. The van der Waals surface area contributed by atoms with E-state index in [1.54, 1.807) is 18.2 Å². The van der Waals surface area contributed by atoms with Crippen molar-refractivity contribution in [2.24, 2.45) is 0 Å². The van der Waals surface area contributed by atoms with Crippen LogP contribution in [0.3, 0.4) is 0 Å². The summed E-state index contributed by atoms with van der Waals surface area (Å²) >= 11 is 3.31. The number of amides is 2. The SMILES string of the molecule is CN(CC(=O)NC(=O)c1ccccc1Br)C1CCNCC1. The standard InChI is InChI=1S/C15H20BrN3O2/c1-19(11-6-8-17-9-7-11)10-14(20)18-15(21)12-4-2-3-5-13(12)16/h2-5,11,17H,6-10H2,1H3,(H,18,20,21). The summed E-state index contributed by atoms with van der Waals surface area (Å²) in [6.07, 6.45) is 2.06. The van der Waals surface area contributed by atoms with Gasteiger partial charge in [0.1, 0.15) is 0 Å². The van der Waals surface area contributed by atoms with Crippen molar-refractivity contribution in [3.8, 4) is 0 Å². The molecule has 0 saturated carbocycles. The number of hydrogen-bond donors (Lipinski definition) is 2. The largest absolute Gasteiger partial charge is 0.317 e. The molecule has 1 saturated heterocycles. The summed E-state index contributed by atoms with van der Waals surface area (Å²) in [7, 11) is 1.93. The molecule has 2 amide bonds. The number of carbonyl (C=O) groups is 2. The minimum absolute atomic E-state index is 0.237. The average molecular weight is 354 g/mol. The lowest BCUT2D eigenvalue weighted by Crippen LogP contribution is -2.46. The van der Waals surface area contributed by atoms with Gasteiger partial charge in [-0.3, -0.25) is 19.8 Å². The second-order valence-corrected chi connectivity index (χ2v) is 6.11. The van der Waals surface area contributed by atoms with Gasteiger partial charge in [0.15, 0.2) is 0 Å². The lowest BCUT2D eigenvalue weighted by Gasteiger charge is -2.30. The highest BCUT2D eigenvalue weighted by molar-refractivity contribution is 9.10. The Bertz CT molecular complexity index is 515. The van der Waals surface area contributed by atoms with Gasteiger partial charge in [0, 0.05) is 10.5 Å². The summed E-state index contributed by atoms with van der Waals surface area (Å²) in [6.45, 7) is 2.19. The molecule has 21 heavy (non-hydrogen) atoms. The van der Waals surface area contributed by atoms with E-state index in [-0.39, 0.29) is 18.4 Å². The summed E-state index contributed by atoms with van der Waals surface area (Å²) < 4.78 is 0.682. The van der Waals surface area contributed by atoms with Crippen LogP contribution in [0.25, 0.3) is 0 Å². The molecule has 0 spiro atoms. The molecule has 0 bridgehead atoms. The van der Waals surface area contributed by atoms with E-state index >= 15 is 0 Å². The highest BCUT2D eigenvalue weighted by Gasteiger charge is 2.21. The number of carbonyl (C=O) groups excluding carboxylic acids is 2. The minimum atomic E-state index is -0.369. The smallest absolute Gasteiger partial charge is 0.259 e. The van der Waals surface area contributed by atoms with Crippen LogP contribution in [0, 0.1) is 0 Å². The van der Waals surface area contributed by atoms with E-state index < -0.39 is 0 Å². The first-order chi connectivity index (χ1) is 10.1. The molecular weight excluding hydrogens is 334 g/mol. The van der Waals surface area contributed by atoms with E-state index in [1.807, 2.05) is 18.0 Å². The van der Waals surface area contributed by atoms with Crippen LogP contribution < -0.4 is 10.6 Å². The van der Waals surface area contributed by atoms with Gasteiger partial charge in [-0.05, 0) is 61.0 Å². The maximum atomic E-state index is 12.0. The van der Waals surface area contributed by atoms with Gasteiger partial charge in [-0.2, -0.15) is 0 Å². The third kappa shape index (κ3) is 4.62. The van der Waals surface area contributed by atoms with Crippen molar-refractivity contribution in [2.45, 2.75) is 18.9 Å². The quantitative estimate of drug-likeness (QED) is 0.858. The first-order valence-electron chi connectivity index (χ1n) is 7.07. The van der Waals surface area contributed by atoms with Gasteiger partial charge in [-0.15, -0.1) is 0 Å². The maximum Gasteiger partial charge on any atom is 0.259 e. The molecule has 0 atom stereocenters. The van der Waals surface area contributed by atoms with E-state index in [9.17, 15) is 9.59 Å². The average Bonchev–Trinajstić information content (AvgIpc) is 2.48. The van der Waals surface area contributed by atoms with Gasteiger partial charge in [0.2, 0.25) is 5.91 Å². The number of piperidine rings is 1. The molecule has 0 radical (unpaired) electrons. The number of imide groups is 1. The Morgan fingerprint density at radius 2 is 2.00 bits per heavy atom. The summed E-state index contributed by atoms with van der Waals surface area (Å²) in [5, 5.41) is 5.74. The minimum Gasteiger partial charge on any atom is -0.317 e. The van der Waals surface area contributed by atoms with Crippen LogP contribution in [0.1, 0.15) is 23.2 Å². The first kappa shape index (κ1) is 16.1. The number of halogens is 1. The number of nitrogens with zero attached hydrogens (tertiary/aromatic N) is 1. The molecule has 114 valence electrons. The third-order valence-electron chi connectivity index (χ3n) is 3.70. The van der Waals surface area contributed by atoms with Crippen molar-refractivity contribution in [3.63, 3.8) is 0 Å². The summed E-state index contributed by atoms with van der Waals surface area (Å²) in [5.41, 5.74) is 0.468. The van der Waals surface area contributed by atoms with Crippen LogP contribution in [0.15, 0.2) is 28.7 Å². The van der Waals surface area contributed by atoms with E-state index in [1.165, 1.54) is 0 Å². The molecule has 0 aromatic heterocycles. The molecular formula is C15H20BrN3O2. The second kappa shape index (κ2) is 7.68. The van der Waals surface area contributed by atoms with E-state index in [2.05, 4.69) is 26.6 Å². The van der Waals surface area contributed by atoms with E-state index in [0.29, 0.717) is 16.1 Å². The zero-order valence-corrected chi connectivity index (χ0v) is 13.6.